The van der Waals surface area contributed by atoms with E-state index in [0.717, 1.165) is 22.5 Å². The van der Waals surface area contributed by atoms with Crippen molar-refractivity contribution in [3.8, 4) is 0 Å². The lowest BCUT2D eigenvalue weighted by Crippen LogP contribution is -2.37. The molecule has 0 radical (unpaired) electrons. The van der Waals surface area contributed by atoms with Gasteiger partial charge in [0.1, 0.15) is 6.04 Å². The summed E-state index contributed by atoms with van der Waals surface area (Å²) in [6, 6.07) is 38.1. The van der Waals surface area contributed by atoms with Gasteiger partial charge in [-0.3, -0.25) is 4.79 Å². The number of amides is 1. The third-order valence-corrected chi connectivity index (χ3v) is 5.80. The van der Waals surface area contributed by atoms with Crippen LogP contribution in [0, 0.1) is 0 Å². The number of nitrogens with zero attached hydrogens (tertiary/aromatic N) is 1. The van der Waals surface area contributed by atoms with Gasteiger partial charge in [-0.15, -0.1) is 0 Å². The highest BCUT2D eigenvalue weighted by atomic mass is 16.2. The largest absolute Gasteiger partial charge is 0.352 e. The summed E-state index contributed by atoms with van der Waals surface area (Å²) in [7, 11) is 0. The molecule has 33 heavy (non-hydrogen) atoms. The topological polar surface area (TPSA) is 32.3 Å². The minimum atomic E-state index is -0.487. The van der Waals surface area contributed by atoms with Crippen molar-refractivity contribution >= 4 is 17.3 Å². The van der Waals surface area contributed by atoms with E-state index in [4.69, 9.17) is 0 Å². The smallest absolute Gasteiger partial charge is 0.251 e. The fourth-order valence-electron chi connectivity index (χ4n) is 4.00. The van der Waals surface area contributed by atoms with E-state index in [2.05, 4.69) is 60.5 Å². The molecule has 0 aliphatic rings. The molecule has 1 atom stereocenters. The van der Waals surface area contributed by atoms with Gasteiger partial charge < -0.3 is 10.2 Å². The summed E-state index contributed by atoms with van der Waals surface area (Å²) in [4.78, 5) is 16.0. The van der Waals surface area contributed by atoms with Gasteiger partial charge >= 0.3 is 0 Å². The lowest BCUT2D eigenvalue weighted by molar-refractivity contribution is -0.117. The fourth-order valence-corrected chi connectivity index (χ4v) is 4.00. The number of rotatable bonds is 8. The molecule has 0 aliphatic heterocycles. The van der Waals surface area contributed by atoms with Crippen molar-refractivity contribution in [1.82, 2.24) is 0 Å². The predicted octanol–water partition coefficient (Wildman–Crippen LogP) is 7.20. The molecule has 4 rings (SSSR count). The number of carbonyl (C=O) groups is 1. The first-order chi connectivity index (χ1) is 16.1. The minimum absolute atomic E-state index is 0.0571. The minimum Gasteiger partial charge on any atom is -0.352 e. The molecule has 3 heteroatoms. The number of hydrogen-bond donors (Lipinski definition) is 1. The first-order valence-corrected chi connectivity index (χ1v) is 11.4. The second-order valence-electron chi connectivity index (χ2n) is 8.53. The molecule has 4 aromatic rings. The summed E-state index contributed by atoms with van der Waals surface area (Å²) in [5.74, 6) is 0.393. The maximum absolute atomic E-state index is 13.8. The van der Waals surface area contributed by atoms with Crippen LogP contribution in [0.2, 0.25) is 0 Å². The maximum Gasteiger partial charge on any atom is 0.251 e. The molecule has 0 heterocycles. The average Bonchev–Trinajstić information content (AvgIpc) is 2.86. The Labute approximate surface area is 196 Å². The van der Waals surface area contributed by atoms with Gasteiger partial charge in [-0.1, -0.05) is 105 Å². The van der Waals surface area contributed by atoms with E-state index < -0.39 is 6.04 Å². The van der Waals surface area contributed by atoms with Crippen molar-refractivity contribution < 1.29 is 4.79 Å². The van der Waals surface area contributed by atoms with Crippen molar-refractivity contribution in [3.63, 3.8) is 0 Å². The van der Waals surface area contributed by atoms with Gasteiger partial charge in [-0.2, -0.15) is 0 Å². The van der Waals surface area contributed by atoms with Gasteiger partial charge in [0, 0.05) is 17.9 Å². The van der Waals surface area contributed by atoms with Crippen LogP contribution in [-0.4, -0.2) is 5.91 Å². The van der Waals surface area contributed by atoms with Crippen LogP contribution in [0.15, 0.2) is 115 Å². The first kappa shape index (κ1) is 22.3. The summed E-state index contributed by atoms with van der Waals surface area (Å²) < 4.78 is 0. The Balaban J connectivity index is 1.71. The van der Waals surface area contributed by atoms with E-state index >= 15 is 0 Å². The lowest BCUT2D eigenvalue weighted by atomic mass is 10.0. The van der Waals surface area contributed by atoms with E-state index in [1.54, 1.807) is 0 Å². The summed E-state index contributed by atoms with van der Waals surface area (Å²) >= 11 is 0. The van der Waals surface area contributed by atoms with Crippen LogP contribution in [0.25, 0.3) is 0 Å². The normalized spacial score (nSPS) is 11.7. The monoisotopic (exact) mass is 434 g/mol. The number of hydrogen-bond acceptors (Lipinski definition) is 2. The van der Waals surface area contributed by atoms with Crippen LogP contribution in [0.5, 0.6) is 0 Å². The Morgan fingerprint density at radius 3 is 1.82 bits per heavy atom. The molecular formula is C30H30N2O. The van der Waals surface area contributed by atoms with Crippen LogP contribution in [-0.2, 0) is 11.3 Å². The van der Waals surface area contributed by atoms with Crippen LogP contribution in [0.4, 0.5) is 11.4 Å². The molecule has 4 aromatic carbocycles. The third kappa shape index (κ3) is 5.69. The summed E-state index contributed by atoms with van der Waals surface area (Å²) in [6.07, 6.45) is 0. The number of nitrogens with one attached hydrogen (secondary N) is 1. The fraction of sp³-hybridized carbons (Fsp3) is 0.167. The molecule has 1 N–H and O–H groups in total. The standard InChI is InChI=1S/C30H30N2O/c1-23(2)25-18-20-27(21-19-25)31-30(33)29(26-14-8-4-9-15-26)32(28-16-10-5-11-17-28)22-24-12-6-3-7-13-24/h3-21,23,29H,22H2,1-2H3,(H,31,33)/t29-/m0/s1. The van der Waals surface area contributed by atoms with Crippen molar-refractivity contribution in [3.05, 3.63) is 132 Å². The summed E-state index contributed by atoms with van der Waals surface area (Å²) in [5.41, 5.74) is 5.16. The summed E-state index contributed by atoms with van der Waals surface area (Å²) in [5, 5.41) is 3.16. The van der Waals surface area contributed by atoms with E-state index in [9.17, 15) is 4.79 Å². The second-order valence-corrected chi connectivity index (χ2v) is 8.53. The number of anilines is 2. The molecule has 0 saturated heterocycles. The zero-order valence-corrected chi connectivity index (χ0v) is 19.2. The highest BCUT2D eigenvalue weighted by Gasteiger charge is 2.28. The molecule has 0 saturated carbocycles. The molecule has 0 aromatic heterocycles. The maximum atomic E-state index is 13.8. The quantitative estimate of drug-likeness (QED) is 0.318. The molecular weight excluding hydrogens is 404 g/mol. The zero-order valence-electron chi connectivity index (χ0n) is 19.2. The van der Waals surface area contributed by atoms with Gasteiger partial charge in [0.05, 0.1) is 0 Å². The molecule has 0 fully saturated rings. The Bertz CT molecular complexity index is 1140. The van der Waals surface area contributed by atoms with Crippen LogP contribution in [0.1, 0.15) is 42.5 Å². The molecule has 3 nitrogen and oxygen atoms in total. The zero-order chi connectivity index (χ0) is 23.0. The van der Waals surface area contributed by atoms with Crippen LogP contribution >= 0.6 is 0 Å². The molecule has 0 unspecified atom stereocenters. The number of para-hydroxylation sites is 1. The van der Waals surface area contributed by atoms with Crippen molar-refractivity contribution in [1.29, 1.82) is 0 Å². The van der Waals surface area contributed by atoms with Crippen molar-refractivity contribution in [2.75, 3.05) is 10.2 Å². The second kappa shape index (κ2) is 10.6. The third-order valence-electron chi connectivity index (χ3n) is 5.80. The molecule has 166 valence electrons. The van der Waals surface area contributed by atoms with Crippen molar-refractivity contribution in [2.45, 2.75) is 32.4 Å². The van der Waals surface area contributed by atoms with Gasteiger partial charge in [0.25, 0.3) is 5.91 Å². The molecule has 0 aliphatic carbocycles. The SMILES string of the molecule is CC(C)c1ccc(NC(=O)[C@H](c2ccccc2)N(Cc2ccccc2)c2ccccc2)cc1. The van der Waals surface area contributed by atoms with E-state index in [0.29, 0.717) is 12.5 Å². The highest BCUT2D eigenvalue weighted by molar-refractivity contribution is 5.97. The van der Waals surface area contributed by atoms with Crippen molar-refractivity contribution in [2.24, 2.45) is 0 Å². The summed E-state index contributed by atoms with van der Waals surface area (Å²) in [6.45, 7) is 4.95. The van der Waals surface area contributed by atoms with Gasteiger partial charge in [0.15, 0.2) is 0 Å². The Morgan fingerprint density at radius 1 is 0.697 bits per heavy atom. The van der Waals surface area contributed by atoms with Gasteiger partial charge in [-0.25, -0.2) is 0 Å². The number of carbonyl (C=O) groups excluding carboxylic acids is 1. The Kier molecular flexibility index (Phi) is 7.21. The van der Waals surface area contributed by atoms with Crippen LogP contribution in [0.3, 0.4) is 0 Å². The van der Waals surface area contributed by atoms with E-state index in [1.165, 1.54) is 5.56 Å². The number of benzene rings is 4. The van der Waals surface area contributed by atoms with Crippen LogP contribution < -0.4 is 10.2 Å². The lowest BCUT2D eigenvalue weighted by Gasteiger charge is -2.33. The Morgan fingerprint density at radius 2 is 1.24 bits per heavy atom. The Hall–Kier alpha value is -3.85. The van der Waals surface area contributed by atoms with Gasteiger partial charge in [-0.05, 0) is 46.9 Å². The molecule has 1 amide bonds. The first-order valence-electron chi connectivity index (χ1n) is 11.4. The van der Waals surface area contributed by atoms with Gasteiger partial charge in [0.2, 0.25) is 0 Å². The van der Waals surface area contributed by atoms with E-state index in [1.807, 2.05) is 78.9 Å². The highest BCUT2D eigenvalue weighted by Crippen LogP contribution is 2.30. The van der Waals surface area contributed by atoms with E-state index in [-0.39, 0.29) is 5.91 Å². The predicted molar refractivity (Wildman–Crippen MR) is 137 cm³/mol. The molecule has 0 spiro atoms. The molecule has 0 bridgehead atoms. The average molecular weight is 435 g/mol.